The summed E-state index contributed by atoms with van der Waals surface area (Å²) in [7, 11) is 0. The number of carbonyl (C=O) groups is 3. The summed E-state index contributed by atoms with van der Waals surface area (Å²) < 4.78 is 0. The average Bonchev–Trinajstić information content (AvgIpc) is 2.44. The first-order chi connectivity index (χ1) is 7.02. The van der Waals surface area contributed by atoms with Crippen LogP contribution in [0.15, 0.2) is 0 Å². The molecule has 2 aliphatic heterocycles. The molecule has 0 bridgehead atoms. The SMILES string of the molecule is O=C(O)N1CCN2C(=O)N(O)C(=O)C2C1. The van der Waals surface area contributed by atoms with Gasteiger partial charge in [-0.05, 0) is 0 Å². The summed E-state index contributed by atoms with van der Waals surface area (Å²) in [6.45, 7) is 0.189. The van der Waals surface area contributed by atoms with E-state index in [4.69, 9.17) is 10.3 Å². The van der Waals surface area contributed by atoms with E-state index in [1.807, 2.05) is 0 Å². The monoisotopic (exact) mass is 215 g/mol. The van der Waals surface area contributed by atoms with Gasteiger partial charge >= 0.3 is 12.1 Å². The molecule has 0 spiro atoms. The van der Waals surface area contributed by atoms with E-state index in [0.717, 1.165) is 4.90 Å². The third-order valence-electron chi connectivity index (χ3n) is 2.57. The van der Waals surface area contributed by atoms with Crippen LogP contribution in [0.5, 0.6) is 0 Å². The fourth-order valence-corrected chi connectivity index (χ4v) is 1.75. The molecule has 0 saturated carbocycles. The predicted molar refractivity (Wildman–Crippen MR) is 44.1 cm³/mol. The Labute approximate surface area is 84.2 Å². The van der Waals surface area contributed by atoms with Gasteiger partial charge in [0.05, 0.1) is 6.54 Å². The van der Waals surface area contributed by atoms with Crippen molar-refractivity contribution in [2.45, 2.75) is 6.04 Å². The van der Waals surface area contributed by atoms with Crippen molar-refractivity contribution < 1.29 is 24.7 Å². The van der Waals surface area contributed by atoms with Crippen molar-refractivity contribution in [3.05, 3.63) is 0 Å². The molecule has 0 aromatic carbocycles. The van der Waals surface area contributed by atoms with Gasteiger partial charge < -0.3 is 14.9 Å². The van der Waals surface area contributed by atoms with Crippen molar-refractivity contribution in [2.24, 2.45) is 0 Å². The van der Waals surface area contributed by atoms with Crippen molar-refractivity contribution in [2.75, 3.05) is 19.6 Å². The zero-order valence-electron chi connectivity index (χ0n) is 7.66. The fourth-order valence-electron chi connectivity index (χ4n) is 1.75. The van der Waals surface area contributed by atoms with E-state index in [0.29, 0.717) is 0 Å². The van der Waals surface area contributed by atoms with Crippen molar-refractivity contribution in [3.8, 4) is 0 Å². The minimum atomic E-state index is -1.13. The molecule has 8 nitrogen and oxygen atoms in total. The lowest BCUT2D eigenvalue weighted by atomic mass is 10.2. The number of piperazine rings is 1. The molecule has 82 valence electrons. The molecule has 1 atom stereocenters. The maximum absolute atomic E-state index is 11.3. The number of hydroxylamine groups is 2. The number of carbonyl (C=O) groups excluding carboxylic acids is 2. The van der Waals surface area contributed by atoms with Crippen molar-refractivity contribution in [1.82, 2.24) is 14.9 Å². The number of urea groups is 1. The molecule has 2 saturated heterocycles. The van der Waals surface area contributed by atoms with Crippen LogP contribution in [0.2, 0.25) is 0 Å². The number of fused-ring (bicyclic) bond motifs is 1. The summed E-state index contributed by atoms with van der Waals surface area (Å²) in [5.41, 5.74) is 0. The highest BCUT2D eigenvalue weighted by molar-refractivity contribution is 6.03. The van der Waals surface area contributed by atoms with Crippen LogP contribution < -0.4 is 0 Å². The van der Waals surface area contributed by atoms with E-state index in [1.165, 1.54) is 4.90 Å². The molecule has 2 rings (SSSR count). The average molecular weight is 215 g/mol. The summed E-state index contributed by atoms with van der Waals surface area (Å²) >= 11 is 0. The zero-order valence-corrected chi connectivity index (χ0v) is 7.66. The van der Waals surface area contributed by atoms with Crippen molar-refractivity contribution >= 4 is 18.0 Å². The molecule has 15 heavy (non-hydrogen) atoms. The van der Waals surface area contributed by atoms with Gasteiger partial charge in [0.2, 0.25) is 0 Å². The Hall–Kier alpha value is -1.83. The number of rotatable bonds is 0. The summed E-state index contributed by atoms with van der Waals surface area (Å²) in [5.74, 6) is -0.772. The third kappa shape index (κ3) is 1.30. The van der Waals surface area contributed by atoms with Crippen LogP contribution in [0.25, 0.3) is 0 Å². The number of imide groups is 1. The molecule has 2 aliphatic rings. The van der Waals surface area contributed by atoms with E-state index >= 15 is 0 Å². The van der Waals surface area contributed by atoms with Gasteiger partial charge in [0.25, 0.3) is 5.91 Å². The normalized spacial score (nSPS) is 25.9. The second-order valence-corrected chi connectivity index (χ2v) is 3.37. The van der Waals surface area contributed by atoms with Crippen molar-refractivity contribution in [3.63, 3.8) is 0 Å². The first-order valence-corrected chi connectivity index (χ1v) is 4.33. The third-order valence-corrected chi connectivity index (χ3v) is 2.57. The lowest BCUT2D eigenvalue weighted by Crippen LogP contribution is -2.54. The Kier molecular flexibility index (Phi) is 2.00. The van der Waals surface area contributed by atoms with Gasteiger partial charge in [-0.3, -0.25) is 10.0 Å². The van der Waals surface area contributed by atoms with E-state index in [2.05, 4.69) is 0 Å². The second-order valence-electron chi connectivity index (χ2n) is 3.37. The predicted octanol–water partition coefficient (Wildman–Crippen LogP) is -0.998. The standard InChI is InChI=1S/C7H9N3O5/c11-5-4-3-8(7(13)14)1-2-9(4)6(12)10(5)15/h4,15H,1-3H2,(H,13,14). The van der Waals surface area contributed by atoms with Crippen LogP contribution in [0.3, 0.4) is 0 Å². The number of hydrogen-bond donors (Lipinski definition) is 2. The minimum absolute atomic E-state index is 0.0377. The van der Waals surface area contributed by atoms with Crippen LogP contribution in [-0.2, 0) is 4.79 Å². The lowest BCUT2D eigenvalue weighted by molar-refractivity contribution is -0.149. The summed E-state index contributed by atoms with van der Waals surface area (Å²) in [4.78, 5) is 35.4. The van der Waals surface area contributed by atoms with Crippen LogP contribution >= 0.6 is 0 Å². The molecule has 2 N–H and O–H groups in total. The minimum Gasteiger partial charge on any atom is -0.465 e. The largest absolute Gasteiger partial charge is 0.465 e. The molecule has 0 aromatic rings. The Balaban J connectivity index is 2.18. The van der Waals surface area contributed by atoms with Gasteiger partial charge in [-0.2, -0.15) is 0 Å². The smallest absolute Gasteiger partial charge is 0.407 e. The van der Waals surface area contributed by atoms with Crippen LogP contribution in [0, 0.1) is 0 Å². The van der Waals surface area contributed by atoms with Crippen LogP contribution in [0.4, 0.5) is 9.59 Å². The van der Waals surface area contributed by atoms with Gasteiger partial charge in [0.1, 0.15) is 6.04 Å². The summed E-state index contributed by atoms with van der Waals surface area (Å²) in [5, 5.41) is 17.8. The highest BCUT2D eigenvalue weighted by Gasteiger charge is 2.48. The molecular weight excluding hydrogens is 206 g/mol. The molecule has 2 heterocycles. The van der Waals surface area contributed by atoms with Gasteiger partial charge in [-0.25, -0.2) is 9.59 Å². The molecule has 0 aliphatic carbocycles. The highest BCUT2D eigenvalue weighted by Crippen LogP contribution is 2.20. The molecule has 0 aromatic heterocycles. The first-order valence-electron chi connectivity index (χ1n) is 4.33. The fraction of sp³-hybridized carbons (Fsp3) is 0.571. The Bertz CT molecular complexity index is 344. The van der Waals surface area contributed by atoms with Gasteiger partial charge in [0.15, 0.2) is 0 Å². The zero-order chi connectivity index (χ0) is 11.2. The molecule has 0 radical (unpaired) electrons. The Morgan fingerprint density at radius 3 is 2.60 bits per heavy atom. The van der Waals surface area contributed by atoms with E-state index in [9.17, 15) is 14.4 Å². The van der Waals surface area contributed by atoms with E-state index in [-0.39, 0.29) is 24.7 Å². The van der Waals surface area contributed by atoms with Gasteiger partial charge in [0, 0.05) is 13.1 Å². The number of amides is 4. The van der Waals surface area contributed by atoms with Crippen LogP contribution in [0.1, 0.15) is 0 Å². The van der Waals surface area contributed by atoms with Gasteiger partial charge in [-0.1, -0.05) is 0 Å². The highest BCUT2D eigenvalue weighted by atomic mass is 16.5. The maximum Gasteiger partial charge on any atom is 0.407 e. The Morgan fingerprint density at radius 1 is 1.33 bits per heavy atom. The summed E-state index contributed by atoms with van der Waals surface area (Å²) in [6, 6.07) is -1.66. The Morgan fingerprint density at radius 2 is 2.00 bits per heavy atom. The maximum atomic E-state index is 11.3. The molecule has 8 heteroatoms. The lowest BCUT2D eigenvalue weighted by Gasteiger charge is -2.33. The van der Waals surface area contributed by atoms with E-state index < -0.39 is 24.1 Å². The first kappa shape index (κ1) is 9.71. The van der Waals surface area contributed by atoms with Crippen LogP contribution in [-0.4, -0.2) is 68.9 Å². The molecule has 1 unspecified atom stereocenters. The number of carboxylic acid groups (broad SMARTS) is 1. The number of nitrogens with zero attached hydrogens (tertiary/aromatic N) is 3. The molecular formula is C7H9N3O5. The quantitative estimate of drug-likeness (QED) is 0.398. The summed E-state index contributed by atoms with van der Waals surface area (Å²) in [6.07, 6.45) is -1.13. The van der Waals surface area contributed by atoms with Gasteiger partial charge in [-0.15, -0.1) is 5.06 Å². The number of hydrogen-bond acceptors (Lipinski definition) is 4. The van der Waals surface area contributed by atoms with E-state index in [1.54, 1.807) is 0 Å². The topological polar surface area (TPSA) is 101 Å². The molecule has 2 fully saturated rings. The molecule has 4 amide bonds. The van der Waals surface area contributed by atoms with Crippen molar-refractivity contribution in [1.29, 1.82) is 0 Å². The second kappa shape index (κ2) is 3.09.